The smallest absolute Gasteiger partial charge is 0.379 e. The minimum absolute atomic E-state index is 0.00715. The highest BCUT2D eigenvalue weighted by Gasteiger charge is 2.35. The molecule has 2 atom stereocenters. The van der Waals surface area contributed by atoms with Crippen molar-refractivity contribution in [1.82, 2.24) is 19.9 Å². The van der Waals surface area contributed by atoms with Gasteiger partial charge in [-0.2, -0.15) is 13.2 Å². The van der Waals surface area contributed by atoms with Crippen molar-refractivity contribution in [1.29, 1.82) is 0 Å². The second kappa shape index (κ2) is 9.44. The van der Waals surface area contributed by atoms with Crippen LogP contribution in [0.2, 0.25) is 0 Å². The molecule has 0 radical (unpaired) electrons. The standard InChI is InChI=1S/C26H28F3N5O3/c1-13-11-34(12-14(2)37-13)25(36)22-7-18(16-4-5-16)23(10-31-22)30-9-17-6-19-21(8-20(17)26(27,28)29)32-15(3)33-24(19)35/h6-8,10,13-14,16,30H,4-5,9,11-12H2,1-3H3,(H,32,33,35). The normalized spacial score (nSPS) is 20.3. The fourth-order valence-corrected chi connectivity index (χ4v) is 4.92. The number of hydrogen-bond acceptors (Lipinski definition) is 6. The predicted octanol–water partition coefficient (Wildman–Crippen LogP) is 4.38. The van der Waals surface area contributed by atoms with Gasteiger partial charge in [-0.1, -0.05) is 0 Å². The minimum Gasteiger partial charge on any atom is -0.379 e. The van der Waals surface area contributed by atoms with Crippen molar-refractivity contribution < 1.29 is 22.7 Å². The van der Waals surface area contributed by atoms with E-state index in [0.717, 1.165) is 24.5 Å². The van der Waals surface area contributed by atoms with Crippen LogP contribution in [0, 0.1) is 6.92 Å². The van der Waals surface area contributed by atoms with Gasteiger partial charge in [0.25, 0.3) is 11.5 Å². The van der Waals surface area contributed by atoms with Crippen LogP contribution in [0.25, 0.3) is 10.9 Å². The number of hydrogen-bond donors (Lipinski definition) is 2. The highest BCUT2D eigenvalue weighted by Crippen LogP contribution is 2.44. The molecule has 1 aromatic carbocycles. The quantitative estimate of drug-likeness (QED) is 0.523. The van der Waals surface area contributed by atoms with E-state index in [1.807, 2.05) is 13.8 Å². The molecule has 3 heterocycles. The topological polar surface area (TPSA) is 100 Å². The Hall–Kier alpha value is -3.47. The fraction of sp³-hybridized carbons (Fsp3) is 0.462. The van der Waals surface area contributed by atoms with E-state index in [2.05, 4.69) is 20.3 Å². The molecule has 0 bridgehead atoms. The number of carbonyl (C=O) groups excluding carboxylic acids is 1. The molecule has 1 aliphatic carbocycles. The maximum atomic E-state index is 13.9. The predicted molar refractivity (Wildman–Crippen MR) is 132 cm³/mol. The SMILES string of the molecule is Cc1nc2cc(C(F)(F)F)c(CNc3cnc(C(=O)N4CC(C)OC(C)C4)cc3C3CC3)cc2c(=O)[nH]1. The van der Waals surface area contributed by atoms with Crippen molar-refractivity contribution in [3.05, 3.63) is 63.0 Å². The number of fused-ring (bicyclic) bond motifs is 1. The molecule has 1 saturated carbocycles. The second-order valence-electron chi connectivity index (χ2n) is 9.93. The Morgan fingerprint density at radius 2 is 1.89 bits per heavy atom. The molecule has 2 fully saturated rings. The number of pyridine rings is 1. The molecule has 2 aromatic heterocycles. The zero-order valence-electron chi connectivity index (χ0n) is 20.8. The van der Waals surface area contributed by atoms with Gasteiger partial charge in [-0.25, -0.2) is 9.97 Å². The highest BCUT2D eigenvalue weighted by molar-refractivity contribution is 5.93. The van der Waals surface area contributed by atoms with Gasteiger partial charge in [0, 0.05) is 19.6 Å². The van der Waals surface area contributed by atoms with Gasteiger partial charge in [0.2, 0.25) is 0 Å². The van der Waals surface area contributed by atoms with E-state index in [1.54, 1.807) is 11.0 Å². The maximum absolute atomic E-state index is 13.9. The molecule has 196 valence electrons. The molecule has 1 aliphatic heterocycles. The average Bonchev–Trinajstić information content (AvgIpc) is 3.66. The number of morpholine rings is 1. The van der Waals surface area contributed by atoms with Crippen molar-refractivity contribution in [2.75, 3.05) is 18.4 Å². The fourth-order valence-electron chi connectivity index (χ4n) is 4.92. The number of H-pyrrole nitrogens is 1. The maximum Gasteiger partial charge on any atom is 0.416 e. The van der Waals surface area contributed by atoms with E-state index >= 15 is 0 Å². The van der Waals surface area contributed by atoms with Crippen LogP contribution in [-0.2, 0) is 17.5 Å². The first-order chi connectivity index (χ1) is 17.5. The third-order valence-corrected chi connectivity index (χ3v) is 6.70. The Labute approximate surface area is 211 Å². The number of rotatable bonds is 5. The number of nitrogens with one attached hydrogen (secondary N) is 2. The van der Waals surface area contributed by atoms with Crippen LogP contribution < -0.4 is 10.9 Å². The van der Waals surface area contributed by atoms with Gasteiger partial charge in [-0.05, 0) is 68.9 Å². The van der Waals surface area contributed by atoms with Crippen LogP contribution in [0.1, 0.15) is 65.6 Å². The number of nitrogens with zero attached hydrogens (tertiary/aromatic N) is 3. The lowest BCUT2D eigenvalue weighted by Gasteiger charge is -2.35. The molecule has 2 N–H and O–H groups in total. The van der Waals surface area contributed by atoms with Crippen molar-refractivity contribution in [2.24, 2.45) is 0 Å². The Bertz CT molecular complexity index is 1410. The van der Waals surface area contributed by atoms with Crippen LogP contribution >= 0.6 is 0 Å². The third-order valence-electron chi connectivity index (χ3n) is 6.70. The van der Waals surface area contributed by atoms with E-state index in [1.165, 1.54) is 19.2 Å². The van der Waals surface area contributed by atoms with Gasteiger partial charge in [0.15, 0.2) is 0 Å². The Kier molecular flexibility index (Phi) is 6.43. The van der Waals surface area contributed by atoms with E-state index in [4.69, 9.17) is 4.74 Å². The number of amides is 1. The molecule has 5 rings (SSSR count). The summed E-state index contributed by atoms with van der Waals surface area (Å²) in [5.41, 5.74) is 0.315. The van der Waals surface area contributed by atoms with Gasteiger partial charge >= 0.3 is 6.18 Å². The van der Waals surface area contributed by atoms with E-state index in [-0.39, 0.29) is 52.9 Å². The molecule has 8 nitrogen and oxygen atoms in total. The molecule has 3 aromatic rings. The lowest BCUT2D eigenvalue weighted by Crippen LogP contribution is -2.48. The van der Waals surface area contributed by atoms with Crippen LogP contribution in [-0.4, -0.2) is 51.1 Å². The number of aromatic amines is 1. The minimum atomic E-state index is -4.62. The Morgan fingerprint density at radius 1 is 1.19 bits per heavy atom. The summed E-state index contributed by atoms with van der Waals surface area (Å²) < 4.78 is 47.4. The number of anilines is 1. The Morgan fingerprint density at radius 3 is 2.54 bits per heavy atom. The number of ether oxygens (including phenoxy) is 1. The number of benzene rings is 1. The first kappa shape index (κ1) is 25.2. The number of aromatic nitrogens is 3. The summed E-state index contributed by atoms with van der Waals surface area (Å²) in [5.74, 6) is 0.270. The second-order valence-corrected chi connectivity index (χ2v) is 9.93. The largest absolute Gasteiger partial charge is 0.416 e. The van der Waals surface area contributed by atoms with Crippen molar-refractivity contribution >= 4 is 22.5 Å². The van der Waals surface area contributed by atoms with Gasteiger partial charge < -0.3 is 19.9 Å². The molecule has 2 unspecified atom stereocenters. The summed E-state index contributed by atoms with van der Waals surface area (Å²) in [6, 6.07) is 3.90. The highest BCUT2D eigenvalue weighted by atomic mass is 19.4. The molecule has 0 spiro atoms. The zero-order valence-corrected chi connectivity index (χ0v) is 20.8. The summed E-state index contributed by atoms with van der Waals surface area (Å²) >= 11 is 0. The molecular weight excluding hydrogens is 487 g/mol. The average molecular weight is 516 g/mol. The summed E-state index contributed by atoms with van der Waals surface area (Å²) in [4.78, 5) is 38.2. The van der Waals surface area contributed by atoms with E-state index in [9.17, 15) is 22.8 Å². The first-order valence-corrected chi connectivity index (χ1v) is 12.3. The lowest BCUT2D eigenvalue weighted by atomic mass is 10.0. The van der Waals surface area contributed by atoms with Crippen LogP contribution in [0.5, 0.6) is 0 Å². The van der Waals surface area contributed by atoms with Gasteiger partial charge in [-0.15, -0.1) is 0 Å². The molecule has 2 aliphatic rings. The van der Waals surface area contributed by atoms with E-state index in [0.29, 0.717) is 24.5 Å². The molecule has 1 amide bonds. The van der Waals surface area contributed by atoms with Gasteiger partial charge in [0.1, 0.15) is 11.5 Å². The van der Waals surface area contributed by atoms with Crippen LogP contribution in [0.4, 0.5) is 18.9 Å². The number of halogens is 3. The number of alkyl halides is 3. The first-order valence-electron chi connectivity index (χ1n) is 12.3. The third kappa shape index (κ3) is 5.31. The number of carbonyl (C=O) groups is 1. The zero-order chi connectivity index (χ0) is 26.5. The van der Waals surface area contributed by atoms with Gasteiger partial charge in [-0.3, -0.25) is 9.59 Å². The summed E-state index contributed by atoms with van der Waals surface area (Å²) in [7, 11) is 0. The van der Waals surface area contributed by atoms with Crippen molar-refractivity contribution in [3.8, 4) is 0 Å². The van der Waals surface area contributed by atoms with E-state index < -0.39 is 17.3 Å². The lowest BCUT2D eigenvalue weighted by molar-refractivity contribution is -0.138. The van der Waals surface area contributed by atoms with Crippen LogP contribution in [0.15, 0.2) is 29.2 Å². The monoisotopic (exact) mass is 515 g/mol. The van der Waals surface area contributed by atoms with Crippen molar-refractivity contribution in [2.45, 2.75) is 64.5 Å². The van der Waals surface area contributed by atoms with Crippen molar-refractivity contribution in [3.63, 3.8) is 0 Å². The summed E-state index contributed by atoms with van der Waals surface area (Å²) in [6.45, 7) is 6.12. The molecular formula is C26H28F3N5O3. The number of aryl methyl sites for hydroxylation is 1. The van der Waals surface area contributed by atoms with Crippen LogP contribution in [0.3, 0.4) is 0 Å². The molecule has 37 heavy (non-hydrogen) atoms. The van der Waals surface area contributed by atoms with Gasteiger partial charge in [0.05, 0.1) is 40.6 Å². The molecule has 1 saturated heterocycles. The summed E-state index contributed by atoms with van der Waals surface area (Å²) in [5, 5.41) is 3.17. The Balaban J connectivity index is 1.44. The molecule has 11 heteroatoms. The summed E-state index contributed by atoms with van der Waals surface area (Å²) in [6.07, 6.45) is -1.39.